The highest BCUT2D eigenvalue weighted by Crippen LogP contribution is 2.14. The Balaban J connectivity index is 2.22. The Morgan fingerprint density at radius 2 is 0.905 bits per heavy atom. The maximum Gasteiger partial charge on any atom is 0.251 e. The first-order valence-electron chi connectivity index (χ1n) is 18.4. The predicted octanol–water partition coefficient (Wildman–Crippen LogP) is 11.1. The number of hydrogen-bond donors (Lipinski definition) is 1. The van der Waals surface area contributed by atoms with Crippen LogP contribution in [0.15, 0.2) is 24.3 Å². The van der Waals surface area contributed by atoms with Gasteiger partial charge < -0.3 is 15.0 Å². The summed E-state index contributed by atoms with van der Waals surface area (Å²) in [6.07, 6.45) is 33.4. The SMILES string of the molecule is CCCCCCCCCCCCCCN(CCCCCCCCCCCCCC)CCNC(=O)c1ccc(OC)cc1. The molecule has 0 unspecified atom stereocenters. The van der Waals surface area contributed by atoms with Crippen molar-refractivity contribution in [2.24, 2.45) is 0 Å². The Kier molecular flexibility index (Phi) is 27.0. The average Bonchev–Trinajstić information content (AvgIpc) is 3.01. The third-order valence-corrected chi connectivity index (χ3v) is 8.72. The van der Waals surface area contributed by atoms with Gasteiger partial charge in [-0.05, 0) is 50.2 Å². The first-order valence-corrected chi connectivity index (χ1v) is 18.4. The molecule has 4 nitrogen and oxygen atoms in total. The van der Waals surface area contributed by atoms with Crippen LogP contribution < -0.4 is 10.1 Å². The molecule has 0 bridgehead atoms. The molecular formula is C38H70N2O2. The molecule has 0 fully saturated rings. The molecule has 1 rings (SSSR count). The van der Waals surface area contributed by atoms with Gasteiger partial charge in [-0.15, -0.1) is 0 Å². The van der Waals surface area contributed by atoms with E-state index in [1.165, 1.54) is 154 Å². The standard InChI is InChI=1S/C38H70N2O2/c1-4-6-8-10-12-14-16-18-20-22-24-26-33-40(34-27-25-23-21-19-17-15-13-11-9-7-5-2)35-32-39-38(41)36-28-30-37(42-3)31-29-36/h28-31H,4-27,32-35H2,1-3H3,(H,39,41). The number of amides is 1. The maximum atomic E-state index is 12.6. The van der Waals surface area contributed by atoms with Crippen molar-refractivity contribution in [1.82, 2.24) is 10.2 Å². The highest BCUT2D eigenvalue weighted by Gasteiger charge is 2.08. The molecule has 0 aliphatic rings. The number of ether oxygens (including phenoxy) is 1. The van der Waals surface area contributed by atoms with Gasteiger partial charge in [0.15, 0.2) is 0 Å². The molecule has 0 spiro atoms. The van der Waals surface area contributed by atoms with Gasteiger partial charge in [-0.3, -0.25) is 4.79 Å². The zero-order valence-corrected chi connectivity index (χ0v) is 28.4. The molecule has 0 atom stereocenters. The number of nitrogens with one attached hydrogen (secondary N) is 1. The zero-order valence-electron chi connectivity index (χ0n) is 28.4. The minimum atomic E-state index is 0.00771. The summed E-state index contributed by atoms with van der Waals surface area (Å²) in [4.78, 5) is 15.2. The Labute approximate surface area is 262 Å². The largest absolute Gasteiger partial charge is 0.497 e. The van der Waals surface area contributed by atoms with Crippen molar-refractivity contribution in [3.8, 4) is 5.75 Å². The summed E-state index contributed by atoms with van der Waals surface area (Å²) in [6.45, 7) is 8.56. The van der Waals surface area contributed by atoms with Crippen molar-refractivity contribution in [2.45, 2.75) is 168 Å². The molecule has 1 N–H and O–H groups in total. The molecule has 0 radical (unpaired) electrons. The number of nitrogens with zero attached hydrogens (tertiary/aromatic N) is 1. The van der Waals surface area contributed by atoms with Crippen LogP contribution in [0, 0.1) is 0 Å². The quantitative estimate of drug-likeness (QED) is 0.0880. The first kappa shape index (κ1) is 38.5. The molecule has 42 heavy (non-hydrogen) atoms. The van der Waals surface area contributed by atoms with Gasteiger partial charge >= 0.3 is 0 Å². The van der Waals surface area contributed by atoms with E-state index in [2.05, 4.69) is 24.1 Å². The second kappa shape index (κ2) is 29.5. The van der Waals surface area contributed by atoms with E-state index in [0.29, 0.717) is 12.1 Å². The molecule has 0 aromatic heterocycles. The zero-order chi connectivity index (χ0) is 30.4. The fraction of sp³-hybridized carbons (Fsp3) is 0.816. The summed E-state index contributed by atoms with van der Waals surface area (Å²) >= 11 is 0. The lowest BCUT2D eigenvalue weighted by Crippen LogP contribution is -2.36. The van der Waals surface area contributed by atoms with Gasteiger partial charge in [0.05, 0.1) is 7.11 Å². The molecule has 1 amide bonds. The van der Waals surface area contributed by atoms with E-state index in [9.17, 15) is 4.79 Å². The van der Waals surface area contributed by atoms with Gasteiger partial charge in [0.2, 0.25) is 0 Å². The van der Waals surface area contributed by atoms with Crippen LogP contribution in [0.1, 0.15) is 178 Å². The average molecular weight is 587 g/mol. The first-order chi connectivity index (χ1) is 20.7. The fourth-order valence-electron chi connectivity index (χ4n) is 5.86. The second-order valence-corrected chi connectivity index (χ2v) is 12.6. The van der Waals surface area contributed by atoms with Crippen LogP contribution in [0.2, 0.25) is 0 Å². The Bertz CT molecular complexity index is 678. The number of rotatable bonds is 31. The maximum absolute atomic E-state index is 12.6. The van der Waals surface area contributed by atoms with E-state index in [0.717, 1.165) is 25.4 Å². The molecule has 4 heteroatoms. The van der Waals surface area contributed by atoms with Crippen molar-refractivity contribution in [3.05, 3.63) is 29.8 Å². The van der Waals surface area contributed by atoms with Crippen LogP contribution in [-0.4, -0.2) is 44.1 Å². The van der Waals surface area contributed by atoms with Crippen LogP contribution in [0.5, 0.6) is 5.75 Å². The lowest BCUT2D eigenvalue weighted by atomic mass is 10.0. The lowest BCUT2D eigenvalue weighted by molar-refractivity contribution is 0.0948. The van der Waals surface area contributed by atoms with E-state index in [4.69, 9.17) is 4.74 Å². The monoisotopic (exact) mass is 587 g/mol. The van der Waals surface area contributed by atoms with Crippen LogP contribution in [0.25, 0.3) is 0 Å². The minimum absolute atomic E-state index is 0.00771. The van der Waals surface area contributed by atoms with Crippen molar-refractivity contribution in [3.63, 3.8) is 0 Å². The number of carbonyl (C=O) groups is 1. The number of methoxy groups -OCH3 is 1. The highest BCUT2D eigenvalue weighted by atomic mass is 16.5. The predicted molar refractivity (Wildman–Crippen MR) is 184 cm³/mol. The van der Waals surface area contributed by atoms with Crippen molar-refractivity contribution < 1.29 is 9.53 Å². The Hall–Kier alpha value is -1.55. The van der Waals surface area contributed by atoms with Gasteiger partial charge in [-0.1, -0.05) is 155 Å². The summed E-state index contributed by atoms with van der Waals surface area (Å²) in [5.74, 6) is 0.788. The van der Waals surface area contributed by atoms with Crippen LogP contribution in [0.4, 0.5) is 0 Å². The van der Waals surface area contributed by atoms with Crippen molar-refractivity contribution in [1.29, 1.82) is 0 Å². The summed E-state index contributed by atoms with van der Waals surface area (Å²) in [7, 11) is 1.65. The third-order valence-electron chi connectivity index (χ3n) is 8.72. The van der Waals surface area contributed by atoms with Crippen LogP contribution in [-0.2, 0) is 0 Å². The lowest BCUT2D eigenvalue weighted by Gasteiger charge is -2.22. The second-order valence-electron chi connectivity index (χ2n) is 12.6. The van der Waals surface area contributed by atoms with Crippen LogP contribution >= 0.6 is 0 Å². The van der Waals surface area contributed by atoms with E-state index in [-0.39, 0.29) is 5.91 Å². The molecule has 0 saturated carbocycles. The van der Waals surface area contributed by atoms with Gasteiger partial charge in [0, 0.05) is 18.7 Å². The number of carbonyl (C=O) groups excluding carboxylic acids is 1. The molecule has 244 valence electrons. The normalized spacial score (nSPS) is 11.3. The van der Waals surface area contributed by atoms with E-state index >= 15 is 0 Å². The topological polar surface area (TPSA) is 41.6 Å². The van der Waals surface area contributed by atoms with Gasteiger partial charge in [-0.2, -0.15) is 0 Å². The molecular weight excluding hydrogens is 516 g/mol. The van der Waals surface area contributed by atoms with E-state index < -0.39 is 0 Å². The number of hydrogen-bond acceptors (Lipinski definition) is 3. The Morgan fingerprint density at radius 1 is 0.548 bits per heavy atom. The van der Waals surface area contributed by atoms with E-state index in [1.54, 1.807) is 7.11 Å². The molecule has 0 aliphatic heterocycles. The number of benzene rings is 1. The summed E-state index contributed by atoms with van der Waals surface area (Å²) < 4.78 is 5.21. The molecule has 1 aromatic rings. The smallest absolute Gasteiger partial charge is 0.251 e. The molecule has 1 aromatic carbocycles. The molecule has 0 saturated heterocycles. The minimum Gasteiger partial charge on any atom is -0.497 e. The fourth-order valence-corrected chi connectivity index (χ4v) is 5.86. The summed E-state index contributed by atoms with van der Waals surface area (Å²) in [5.41, 5.74) is 0.698. The van der Waals surface area contributed by atoms with Gasteiger partial charge in [0.1, 0.15) is 5.75 Å². The van der Waals surface area contributed by atoms with Crippen LogP contribution in [0.3, 0.4) is 0 Å². The molecule has 0 heterocycles. The third kappa shape index (κ3) is 23.0. The Morgan fingerprint density at radius 3 is 1.26 bits per heavy atom. The van der Waals surface area contributed by atoms with Crippen molar-refractivity contribution in [2.75, 3.05) is 33.3 Å². The number of unbranched alkanes of at least 4 members (excludes halogenated alkanes) is 22. The van der Waals surface area contributed by atoms with Gasteiger partial charge in [-0.25, -0.2) is 0 Å². The summed E-state index contributed by atoms with van der Waals surface area (Å²) in [6, 6.07) is 7.38. The highest BCUT2D eigenvalue weighted by molar-refractivity contribution is 5.94. The summed E-state index contributed by atoms with van der Waals surface area (Å²) in [5, 5.41) is 3.14. The van der Waals surface area contributed by atoms with Gasteiger partial charge in [0.25, 0.3) is 5.91 Å². The van der Waals surface area contributed by atoms with Crippen molar-refractivity contribution >= 4 is 5.91 Å². The van der Waals surface area contributed by atoms with E-state index in [1.807, 2.05) is 24.3 Å². The molecule has 0 aliphatic carbocycles.